The van der Waals surface area contributed by atoms with Crippen LogP contribution in [0, 0.1) is 0 Å². The van der Waals surface area contributed by atoms with E-state index in [1.165, 1.54) is 0 Å². The van der Waals surface area contributed by atoms with Gasteiger partial charge < -0.3 is 20.1 Å². The standard InChI is InChI=1S/3C2H4O2.Na.Pd/c3*1-2(3)4;;/h3*1H3,(H,3,4);;/q;;;+1;/p-1. The Morgan fingerprint density at radius 1 is 0.929 bits per heavy atom. The molecule has 0 spiro atoms. The van der Waals surface area contributed by atoms with E-state index in [4.69, 9.17) is 29.7 Å². The minimum absolute atomic E-state index is 0. The average Bonchev–Trinajstić information content (AvgIpc) is 1.54. The van der Waals surface area contributed by atoms with Crippen LogP contribution in [0.15, 0.2) is 0 Å². The minimum Gasteiger partial charge on any atom is -0.550 e. The van der Waals surface area contributed by atoms with Gasteiger partial charge in [-0.05, 0) is 6.92 Å². The van der Waals surface area contributed by atoms with Gasteiger partial charge >= 0.3 is 29.6 Å². The summed E-state index contributed by atoms with van der Waals surface area (Å²) in [5.41, 5.74) is 0. The first kappa shape index (κ1) is 29.2. The molecular weight excluding hydrogens is 297 g/mol. The molecule has 14 heavy (non-hydrogen) atoms. The van der Waals surface area contributed by atoms with Crippen LogP contribution in [0.25, 0.3) is 0 Å². The number of aliphatic carboxylic acids is 3. The Labute approximate surface area is 118 Å². The van der Waals surface area contributed by atoms with Gasteiger partial charge in [-0.25, -0.2) is 0 Å². The average molecular weight is 309 g/mol. The number of hydrogen-bond acceptors (Lipinski definition) is 4. The monoisotopic (exact) mass is 308 g/mol. The summed E-state index contributed by atoms with van der Waals surface area (Å²) < 4.78 is 0. The van der Waals surface area contributed by atoms with E-state index in [9.17, 15) is 0 Å². The van der Waals surface area contributed by atoms with Crippen LogP contribution < -0.4 is 34.7 Å². The predicted molar refractivity (Wildman–Crippen MR) is 37.3 cm³/mol. The molecule has 0 aromatic rings. The summed E-state index contributed by atoms with van der Waals surface area (Å²) >= 11 is 0. The first-order chi connectivity index (χ1) is 5.20. The van der Waals surface area contributed by atoms with Crippen molar-refractivity contribution in [3.8, 4) is 0 Å². The van der Waals surface area contributed by atoms with Gasteiger partial charge in [0.15, 0.2) is 0 Å². The molecule has 0 amide bonds. The van der Waals surface area contributed by atoms with E-state index in [-0.39, 0.29) is 50.0 Å². The van der Waals surface area contributed by atoms with Crippen molar-refractivity contribution < 1.29 is 79.7 Å². The smallest absolute Gasteiger partial charge is 0.550 e. The van der Waals surface area contributed by atoms with Gasteiger partial charge in [0.2, 0.25) is 0 Å². The third-order valence-electron chi connectivity index (χ3n) is 0. The van der Waals surface area contributed by atoms with Crippen molar-refractivity contribution in [3.63, 3.8) is 0 Å². The summed E-state index contributed by atoms with van der Waals surface area (Å²) in [4.78, 5) is 26.9. The van der Waals surface area contributed by atoms with Gasteiger partial charge in [0.25, 0.3) is 11.9 Å². The quantitative estimate of drug-likeness (QED) is 0.440. The van der Waals surface area contributed by atoms with Crippen molar-refractivity contribution >= 4 is 17.9 Å². The third kappa shape index (κ3) is 283000. The summed E-state index contributed by atoms with van der Waals surface area (Å²) in [6.45, 7) is 3.14. The molecule has 82 valence electrons. The summed E-state index contributed by atoms with van der Waals surface area (Å²) in [7, 11) is 0. The molecule has 0 aliphatic carbocycles. The van der Waals surface area contributed by atoms with Crippen molar-refractivity contribution in [2.75, 3.05) is 0 Å². The van der Waals surface area contributed by atoms with Crippen molar-refractivity contribution in [1.82, 2.24) is 0 Å². The van der Waals surface area contributed by atoms with Crippen LogP contribution in [-0.2, 0) is 34.8 Å². The van der Waals surface area contributed by atoms with Crippen LogP contribution in [-0.4, -0.2) is 28.1 Å². The fourth-order valence-electron chi connectivity index (χ4n) is 0. The second-order valence-corrected chi connectivity index (χ2v) is 1.53. The Kier molecular flexibility index (Phi) is 48.3. The zero-order valence-corrected chi connectivity index (χ0v) is 11.9. The summed E-state index contributed by atoms with van der Waals surface area (Å²) in [5.74, 6) is -2.75. The van der Waals surface area contributed by atoms with E-state index in [1.54, 1.807) is 0 Å². The van der Waals surface area contributed by atoms with Crippen molar-refractivity contribution in [3.05, 3.63) is 0 Å². The van der Waals surface area contributed by atoms with Crippen LogP contribution in [0.1, 0.15) is 20.8 Å². The molecule has 8 heteroatoms. The number of carbonyl (C=O) groups is 3. The molecule has 0 heterocycles. The topological polar surface area (TPSA) is 115 Å². The number of carboxylic acid groups (broad SMARTS) is 3. The SMILES string of the molecule is CC(=O)O.CC(=O)O.CC(=O)[O-].[Na+].[Pd]. The van der Waals surface area contributed by atoms with E-state index in [2.05, 4.69) is 0 Å². The third-order valence-corrected chi connectivity index (χ3v) is 0. The van der Waals surface area contributed by atoms with Gasteiger partial charge in [-0.15, -0.1) is 0 Å². The van der Waals surface area contributed by atoms with Gasteiger partial charge in [-0.1, -0.05) is 0 Å². The molecule has 0 aromatic heterocycles. The number of rotatable bonds is 0. The van der Waals surface area contributed by atoms with Crippen LogP contribution in [0.2, 0.25) is 0 Å². The molecule has 0 fully saturated rings. The largest absolute Gasteiger partial charge is 1.00 e. The molecule has 0 bridgehead atoms. The fourth-order valence-corrected chi connectivity index (χ4v) is 0. The normalized spacial score (nSPS) is 5.36. The molecule has 0 unspecified atom stereocenters. The van der Waals surface area contributed by atoms with Crippen molar-refractivity contribution in [2.45, 2.75) is 20.8 Å². The van der Waals surface area contributed by atoms with E-state index < -0.39 is 17.9 Å². The van der Waals surface area contributed by atoms with E-state index in [1.807, 2.05) is 0 Å². The number of carboxylic acids is 3. The molecule has 0 aliphatic heterocycles. The predicted octanol–water partition coefficient (Wildman–Crippen LogP) is -4.06. The zero-order chi connectivity index (χ0) is 10.7. The van der Waals surface area contributed by atoms with Gasteiger partial charge in [-0.2, -0.15) is 0 Å². The van der Waals surface area contributed by atoms with E-state index >= 15 is 0 Å². The van der Waals surface area contributed by atoms with E-state index in [0.29, 0.717) is 0 Å². The second-order valence-electron chi connectivity index (χ2n) is 1.53. The van der Waals surface area contributed by atoms with Gasteiger partial charge in [0.1, 0.15) is 0 Å². The molecule has 0 rings (SSSR count). The Morgan fingerprint density at radius 2 is 0.929 bits per heavy atom. The maximum Gasteiger partial charge on any atom is 1.00 e. The molecule has 0 saturated heterocycles. The molecule has 2 N–H and O–H groups in total. The first-order valence-corrected chi connectivity index (χ1v) is 2.76. The minimum atomic E-state index is -1.08. The van der Waals surface area contributed by atoms with Crippen LogP contribution in [0.3, 0.4) is 0 Å². The molecule has 0 aromatic carbocycles. The van der Waals surface area contributed by atoms with Crippen LogP contribution >= 0.6 is 0 Å². The van der Waals surface area contributed by atoms with Gasteiger partial charge in [0, 0.05) is 40.2 Å². The van der Waals surface area contributed by atoms with E-state index in [0.717, 1.165) is 20.8 Å². The van der Waals surface area contributed by atoms with Crippen molar-refractivity contribution in [2.24, 2.45) is 0 Å². The number of carbonyl (C=O) groups excluding carboxylic acids is 1. The maximum absolute atomic E-state index is 9.00. The Hall–Kier alpha value is 0.0723. The summed E-state index contributed by atoms with van der Waals surface area (Å²) in [5, 5.41) is 23.7. The first-order valence-electron chi connectivity index (χ1n) is 2.76. The molecular formula is C6H11NaO6Pd. The Bertz CT molecular complexity index is 120. The number of hydrogen-bond donors (Lipinski definition) is 2. The van der Waals surface area contributed by atoms with Crippen LogP contribution in [0.5, 0.6) is 0 Å². The molecule has 0 aliphatic rings. The molecule has 6 nitrogen and oxygen atoms in total. The van der Waals surface area contributed by atoms with Gasteiger partial charge in [-0.3, -0.25) is 9.59 Å². The second kappa shape index (κ2) is 23.1. The fraction of sp³-hybridized carbons (Fsp3) is 0.500. The zero-order valence-electron chi connectivity index (χ0n) is 8.34. The Balaban J connectivity index is -0.0000000270. The Morgan fingerprint density at radius 3 is 0.929 bits per heavy atom. The summed E-state index contributed by atoms with van der Waals surface area (Å²) in [6.07, 6.45) is 0. The van der Waals surface area contributed by atoms with Crippen molar-refractivity contribution in [1.29, 1.82) is 0 Å². The molecule has 0 saturated carbocycles. The summed E-state index contributed by atoms with van der Waals surface area (Å²) in [6, 6.07) is 0. The maximum atomic E-state index is 9.00. The van der Waals surface area contributed by atoms with Crippen LogP contribution in [0.4, 0.5) is 0 Å². The molecule has 0 atom stereocenters. The van der Waals surface area contributed by atoms with Gasteiger partial charge in [0.05, 0.1) is 0 Å². The molecule has 0 radical (unpaired) electrons.